The molecule has 0 aliphatic heterocycles. The van der Waals surface area contributed by atoms with Crippen molar-refractivity contribution in [1.29, 1.82) is 0 Å². The maximum atomic E-state index is 12.6. The van der Waals surface area contributed by atoms with E-state index in [0.717, 1.165) is 21.4 Å². The lowest BCUT2D eigenvalue weighted by Gasteiger charge is -2.10. The molecular formula is C21H19NO3S. The number of ketones is 1. The highest BCUT2D eigenvalue weighted by molar-refractivity contribution is 7.98. The average Bonchev–Trinajstić information content (AvgIpc) is 3.10. The van der Waals surface area contributed by atoms with E-state index in [-0.39, 0.29) is 5.78 Å². The summed E-state index contributed by atoms with van der Waals surface area (Å²) in [6, 6.07) is 15.4. The number of hydrogen-bond donors (Lipinski definition) is 1. The molecule has 0 saturated heterocycles. The number of fused-ring (bicyclic) bond motifs is 1. The molecule has 0 radical (unpaired) electrons. The molecule has 0 unspecified atom stereocenters. The van der Waals surface area contributed by atoms with Crippen molar-refractivity contribution in [3.05, 3.63) is 71.9 Å². The van der Waals surface area contributed by atoms with E-state index in [2.05, 4.69) is 4.98 Å². The van der Waals surface area contributed by atoms with E-state index >= 15 is 0 Å². The molecule has 0 aliphatic rings. The van der Waals surface area contributed by atoms with Crippen LogP contribution in [-0.4, -0.2) is 29.1 Å². The number of Topliss-reactive ketones (excluding diaryl/α,β-unsaturated/α-hetero) is 1. The standard InChI is InChI=1S/C21H19NO3S/c1-14(21(24)18-13-22-19-6-4-3-5-17(18)19)25-20(23)12-9-15-7-10-16(26-2)11-8-15/h3-14,22H,1-2H3/b12-9+/t14-/m0/s1. The molecule has 1 aromatic heterocycles. The molecule has 132 valence electrons. The quantitative estimate of drug-likeness (QED) is 0.297. The molecule has 0 saturated carbocycles. The van der Waals surface area contributed by atoms with Crippen LogP contribution in [0.15, 0.2) is 65.7 Å². The Morgan fingerprint density at radius 3 is 2.58 bits per heavy atom. The number of benzene rings is 2. The molecule has 5 heteroatoms. The van der Waals surface area contributed by atoms with Crippen LogP contribution in [0.1, 0.15) is 22.8 Å². The molecule has 0 amide bonds. The number of carbonyl (C=O) groups is 2. The minimum Gasteiger partial charge on any atom is -0.451 e. The molecule has 0 aliphatic carbocycles. The first kappa shape index (κ1) is 18.0. The lowest BCUT2D eigenvalue weighted by atomic mass is 10.1. The van der Waals surface area contributed by atoms with E-state index in [0.29, 0.717) is 5.56 Å². The van der Waals surface area contributed by atoms with Crippen LogP contribution in [-0.2, 0) is 9.53 Å². The molecule has 4 nitrogen and oxygen atoms in total. The van der Waals surface area contributed by atoms with Crippen molar-refractivity contribution in [3.63, 3.8) is 0 Å². The fraction of sp³-hybridized carbons (Fsp3) is 0.143. The second kappa shape index (κ2) is 8.06. The largest absolute Gasteiger partial charge is 0.451 e. The summed E-state index contributed by atoms with van der Waals surface area (Å²) in [5, 5.41) is 0.824. The fourth-order valence-corrected chi connectivity index (χ4v) is 3.05. The highest BCUT2D eigenvalue weighted by Crippen LogP contribution is 2.20. The lowest BCUT2D eigenvalue weighted by molar-refractivity contribution is -0.140. The van der Waals surface area contributed by atoms with Gasteiger partial charge in [-0.2, -0.15) is 0 Å². The number of hydrogen-bond acceptors (Lipinski definition) is 4. The zero-order valence-electron chi connectivity index (χ0n) is 14.6. The van der Waals surface area contributed by atoms with E-state index in [9.17, 15) is 9.59 Å². The average molecular weight is 365 g/mol. The predicted octanol–water partition coefficient (Wildman–Crippen LogP) is 4.72. The highest BCUT2D eigenvalue weighted by Gasteiger charge is 2.21. The molecule has 2 aromatic carbocycles. The van der Waals surface area contributed by atoms with Crippen LogP contribution in [0.4, 0.5) is 0 Å². The first-order valence-corrected chi connectivity index (χ1v) is 9.44. The summed E-state index contributed by atoms with van der Waals surface area (Å²) in [4.78, 5) is 28.8. The van der Waals surface area contributed by atoms with Gasteiger partial charge >= 0.3 is 5.97 Å². The lowest BCUT2D eigenvalue weighted by Crippen LogP contribution is -2.23. The molecule has 3 aromatic rings. The number of thioether (sulfide) groups is 1. The van der Waals surface area contributed by atoms with Crippen LogP contribution in [0, 0.1) is 0 Å². The monoisotopic (exact) mass is 365 g/mol. The van der Waals surface area contributed by atoms with Gasteiger partial charge in [0.05, 0.1) is 0 Å². The number of aromatic nitrogens is 1. The van der Waals surface area contributed by atoms with Gasteiger partial charge in [-0.1, -0.05) is 30.3 Å². The number of ether oxygens (including phenoxy) is 1. The van der Waals surface area contributed by atoms with Gasteiger partial charge in [-0.3, -0.25) is 4.79 Å². The second-order valence-electron chi connectivity index (χ2n) is 5.80. The van der Waals surface area contributed by atoms with E-state index in [1.165, 1.54) is 6.08 Å². The van der Waals surface area contributed by atoms with Crippen molar-refractivity contribution >= 4 is 40.5 Å². The van der Waals surface area contributed by atoms with E-state index in [1.54, 1.807) is 31.0 Å². The van der Waals surface area contributed by atoms with E-state index < -0.39 is 12.1 Å². The maximum Gasteiger partial charge on any atom is 0.331 e. The Morgan fingerprint density at radius 1 is 1.12 bits per heavy atom. The molecule has 26 heavy (non-hydrogen) atoms. The van der Waals surface area contributed by atoms with Gasteiger partial charge in [0.1, 0.15) is 0 Å². The molecule has 1 heterocycles. The van der Waals surface area contributed by atoms with Crippen molar-refractivity contribution in [2.75, 3.05) is 6.26 Å². The van der Waals surface area contributed by atoms with Crippen LogP contribution in [0.3, 0.4) is 0 Å². The van der Waals surface area contributed by atoms with E-state index in [4.69, 9.17) is 4.74 Å². The summed E-state index contributed by atoms with van der Waals surface area (Å²) in [7, 11) is 0. The maximum absolute atomic E-state index is 12.6. The molecule has 0 fully saturated rings. The molecular weight excluding hydrogens is 346 g/mol. The van der Waals surface area contributed by atoms with Crippen LogP contribution in [0.2, 0.25) is 0 Å². The Bertz CT molecular complexity index is 957. The van der Waals surface area contributed by atoms with Gasteiger partial charge in [0.25, 0.3) is 0 Å². The molecule has 0 spiro atoms. The number of H-pyrrole nitrogens is 1. The smallest absolute Gasteiger partial charge is 0.331 e. The summed E-state index contributed by atoms with van der Waals surface area (Å²) >= 11 is 1.66. The minimum atomic E-state index is -0.856. The number of aromatic amines is 1. The summed E-state index contributed by atoms with van der Waals surface area (Å²) in [6.07, 6.45) is 5.82. The fourth-order valence-electron chi connectivity index (χ4n) is 2.64. The van der Waals surface area contributed by atoms with E-state index in [1.807, 2.05) is 54.8 Å². The minimum absolute atomic E-state index is 0.228. The molecule has 1 atom stereocenters. The van der Waals surface area contributed by atoms with Crippen molar-refractivity contribution in [2.24, 2.45) is 0 Å². The van der Waals surface area contributed by atoms with Crippen LogP contribution in [0.25, 0.3) is 17.0 Å². The predicted molar refractivity (Wildman–Crippen MR) is 105 cm³/mol. The van der Waals surface area contributed by atoms with Crippen LogP contribution < -0.4 is 0 Å². The Morgan fingerprint density at radius 2 is 1.85 bits per heavy atom. The Hall–Kier alpha value is -2.79. The topological polar surface area (TPSA) is 59.2 Å². The third kappa shape index (κ3) is 4.06. The van der Waals surface area contributed by atoms with Gasteiger partial charge in [0.15, 0.2) is 6.10 Å². The zero-order chi connectivity index (χ0) is 18.5. The number of rotatable bonds is 6. The normalized spacial score (nSPS) is 12.4. The Kier molecular flexibility index (Phi) is 5.58. The number of nitrogens with one attached hydrogen (secondary N) is 1. The SMILES string of the molecule is CSc1ccc(/C=C/C(=O)O[C@@H](C)C(=O)c2c[nH]c3ccccc23)cc1. The summed E-state index contributed by atoms with van der Waals surface area (Å²) < 4.78 is 5.26. The third-order valence-electron chi connectivity index (χ3n) is 4.04. The third-order valence-corrected chi connectivity index (χ3v) is 4.79. The Balaban J connectivity index is 1.64. The molecule has 1 N–H and O–H groups in total. The second-order valence-corrected chi connectivity index (χ2v) is 6.68. The summed E-state index contributed by atoms with van der Waals surface area (Å²) in [5.41, 5.74) is 2.30. The summed E-state index contributed by atoms with van der Waals surface area (Å²) in [5.74, 6) is -0.770. The molecule has 3 rings (SSSR count). The van der Waals surface area contributed by atoms with Crippen molar-refractivity contribution in [3.8, 4) is 0 Å². The summed E-state index contributed by atoms with van der Waals surface area (Å²) in [6.45, 7) is 1.59. The van der Waals surface area contributed by atoms with Crippen molar-refractivity contribution in [2.45, 2.75) is 17.9 Å². The highest BCUT2D eigenvalue weighted by atomic mass is 32.2. The molecule has 0 bridgehead atoms. The van der Waals surface area contributed by atoms with Crippen LogP contribution >= 0.6 is 11.8 Å². The first-order valence-electron chi connectivity index (χ1n) is 8.21. The number of carbonyl (C=O) groups excluding carboxylic acids is 2. The van der Waals surface area contributed by atoms with Gasteiger partial charge < -0.3 is 9.72 Å². The zero-order valence-corrected chi connectivity index (χ0v) is 15.4. The van der Waals surface area contributed by atoms with Crippen LogP contribution in [0.5, 0.6) is 0 Å². The number of para-hydroxylation sites is 1. The Labute approximate surface area is 156 Å². The van der Waals surface area contributed by atoms with Crippen molar-refractivity contribution < 1.29 is 14.3 Å². The van der Waals surface area contributed by atoms with Gasteiger partial charge in [-0.15, -0.1) is 11.8 Å². The van der Waals surface area contributed by atoms with Crippen molar-refractivity contribution in [1.82, 2.24) is 4.98 Å². The van der Waals surface area contributed by atoms with Gasteiger partial charge in [-0.25, -0.2) is 4.79 Å². The van der Waals surface area contributed by atoms with Gasteiger partial charge in [0, 0.05) is 33.6 Å². The number of esters is 1. The first-order chi connectivity index (χ1) is 12.6. The van der Waals surface area contributed by atoms with Gasteiger partial charge in [0.2, 0.25) is 5.78 Å². The van der Waals surface area contributed by atoms with Gasteiger partial charge in [-0.05, 0) is 43.0 Å².